The van der Waals surface area contributed by atoms with Gasteiger partial charge in [0, 0.05) is 20.7 Å². The number of halogens is 1. The van der Waals surface area contributed by atoms with Crippen LogP contribution in [0.3, 0.4) is 0 Å². The summed E-state index contributed by atoms with van der Waals surface area (Å²) in [5, 5.41) is 8.14. The van der Waals surface area contributed by atoms with Gasteiger partial charge >= 0.3 is 0 Å². The van der Waals surface area contributed by atoms with Gasteiger partial charge in [0.1, 0.15) is 11.6 Å². The lowest BCUT2D eigenvalue weighted by Crippen LogP contribution is -2.15. The van der Waals surface area contributed by atoms with Crippen LogP contribution in [0.15, 0.2) is 59.0 Å². The molecule has 124 valence electrons. The van der Waals surface area contributed by atoms with Crippen molar-refractivity contribution in [3.63, 3.8) is 0 Å². The first-order chi connectivity index (χ1) is 12.2. The zero-order valence-electron chi connectivity index (χ0n) is 12.9. The highest BCUT2D eigenvalue weighted by molar-refractivity contribution is 7.18. The summed E-state index contributed by atoms with van der Waals surface area (Å²) in [6, 6.07) is 14.9. The summed E-state index contributed by atoms with van der Waals surface area (Å²) in [6.45, 7) is 0. The molecule has 4 rings (SSSR count). The van der Waals surface area contributed by atoms with Crippen LogP contribution >= 0.6 is 22.9 Å². The molecule has 0 saturated heterocycles. The van der Waals surface area contributed by atoms with E-state index in [1.165, 1.54) is 0 Å². The molecule has 4 aromatic rings. The van der Waals surface area contributed by atoms with E-state index in [-0.39, 0.29) is 5.84 Å². The van der Waals surface area contributed by atoms with E-state index >= 15 is 0 Å². The number of aromatic nitrogens is 1. The molecule has 0 atom stereocenters. The fourth-order valence-electron chi connectivity index (χ4n) is 2.63. The lowest BCUT2D eigenvalue weighted by Gasteiger charge is -2.09. The van der Waals surface area contributed by atoms with Crippen molar-refractivity contribution >= 4 is 49.8 Å². The van der Waals surface area contributed by atoms with Crippen molar-refractivity contribution in [1.82, 2.24) is 4.98 Å². The highest BCUT2D eigenvalue weighted by atomic mass is 35.5. The number of benzene rings is 2. The van der Waals surface area contributed by atoms with Crippen molar-refractivity contribution in [2.24, 2.45) is 16.7 Å². The smallest absolute Gasteiger partial charge is 0.228 e. The van der Waals surface area contributed by atoms with Crippen molar-refractivity contribution in [1.29, 1.82) is 0 Å². The lowest BCUT2D eigenvalue weighted by atomic mass is 10.1. The second-order valence-corrected chi connectivity index (χ2v) is 6.74. The minimum atomic E-state index is 0.257. The van der Waals surface area contributed by atoms with E-state index in [0.717, 1.165) is 21.0 Å². The normalized spacial score (nSPS) is 12.0. The number of thiophene rings is 1. The van der Waals surface area contributed by atoms with Crippen LogP contribution in [0.4, 0.5) is 0 Å². The van der Waals surface area contributed by atoms with Crippen LogP contribution in [0.25, 0.3) is 21.0 Å². The Hall–Kier alpha value is -2.83. The van der Waals surface area contributed by atoms with Crippen LogP contribution in [0, 0.1) is 0 Å². The third-order valence-corrected chi connectivity index (χ3v) is 4.99. The molecular weight excluding hydrogens is 356 g/mol. The number of hydrogen-bond acceptors (Lipinski definition) is 5. The topological polar surface area (TPSA) is 86.5 Å². The summed E-state index contributed by atoms with van der Waals surface area (Å²) < 4.78 is 7.08. The SMILES string of the molecule is N/N=C(\N)c1ccc2c(c1)nc(Oc1cccc(Cl)c1)c1ccsc12. The zero-order chi connectivity index (χ0) is 17.4. The van der Waals surface area contributed by atoms with Crippen molar-refractivity contribution in [3.8, 4) is 11.6 Å². The van der Waals surface area contributed by atoms with Gasteiger partial charge < -0.3 is 16.3 Å². The molecule has 0 spiro atoms. The maximum atomic E-state index is 6.04. The molecule has 5 nitrogen and oxygen atoms in total. The highest BCUT2D eigenvalue weighted by Crippen LogP contribution is 2.37. The molecule has 2 aromatic heterocycles. The van der Waals surface area contributed by atoms with Gasteiger partial charge in [-0.3, -0.25) is 0 Å². The molecule has 0 unspecified atom stereocenters. The summed E-state index contributed by atoms with van der Waals surface area (Å²) in [4.78, 5) is 4.67. The number of hydrogen-bond donors (Lipinski definition) is 2. The average Bonchev–Trinajstić information content (AvgIpc) is 3.11. The summed E-state index contributed by atoms with van der Waals surface area (Å²) in [7, 11) is 0. The van der Waals surface area contributed by atoms with Crippen LogP contribution in [0.1, 0.15) is 5.56 Å². The Kier molecular flexibility index (Phi) is 3.91. The van der Waals surface area contributed by atoms with Gasteiger partial charge in [-0.1, -0.05) is 29.8 Å². The van der Waals surface area contributed by atoms with Gasteiger partial charge in [-0.25, -0.2) is 4.98 Å². The van der Waals surface area contributed by atoms with Crippen LogP contribution in [0.5, 0.6) is 11.6 Å². The fraction of sp³-hybridized carbons (Fsp3) is 0. The molecule has 0 aliphatic carbocycles. The molecule has 0 aliphatic rings. The van der Waals surface area contributed by atoms with Crippen molar-refractivity contribution in [2.75, 3.05) is 0 Å². The highest BCUT2D eigenvalue weighted by Gasteiger charge is 2.13. The van der Waals surface area contributed by atoms with Crippen LogP contribution < -0.4 is 16.3 Å². The number of amidine groups is 1. The van der Waals surface area contributed by atoms with Crippen LogP contribution in [-0.2, 0) is 0 Å². The predicted octanol–water partition coefficient (Wildman–Crippen LogP) is 4.47. The minimum absolute atomic E-state index is 0.257. The average molecular weight is 369 g/mol. The van der Waals surface area contributed by atoms with Gasteiger partial charge in [0.2, 0.25) is 5.88 Å². The van der Waals surface area contributed by atoms with E-state index in [9.17, 15) is 0 Å². The number of nitrogens with zero attached hydrogens (tertiary/aromatic N) is 2. The number of ether oxygens (including phenoxy) is 1. The molecule has 4 N–H and O–H groups in total. The Morgan fingerprint density at radius 1 is 1.12 bits per heavy atom. The van der Waals surface area contributed by atoms with Crippen molar-refractivity contribution in [3.05, 3.63) is 64.5 Å². The maximum absolute atomic E-state index is 6.04. The van der Waals surface area contributed by atoms with Gasteiger partial charge in [-0.2, -0.15) is 5.10 Å². The van der Waals surface area contributed by atoms with E-state index < -0.39 is 0 Å². The number of hydrazone groups is 1. The van der Waals surface area contributed by atoms with Gasteiger partial charge in [-0.05, 0) is 35.7 Å². The largest absolute Gasteiger partial charge is 0.438 e. The first kappa shape index (κ1) is 15.7. The standard InChI is InChI=1S/C18H13ClN4OS/c19-11-2-1-3-12(9-11)24-18-14-6-7-25-16(14)13-5-4-10(17(20)23-21)8-15(13)22-18/h1-9H,21H2,(H2,20,23). The Labute approximate surface area is 152 Å². The molecular formula is C18H13ClN4OS. The molecule has 0 aliphatic heterocycles. The predicted molar refractivity (Wildman–Crippen MR) is 104 cm³/mol. The summed E-state index contributed by atoms with van der Waals surface area (Å²) in [6.07, 6.45) is 0. The Balaban J connectivity index is 1.91. The molecule has 0 amide bonds. The minimum Gasteiger partial charge on any atom is -0.438 e. The summed E-state index contributed by atoms with van der Waals surface area (Å²) in [5.41, 5.74) is 7.29. The first-order valence-corrected chi connectivity index (χ1v) is 8.69. The van der Waals surface area contributed by atoms with E-state index in [1.54, 1.807) is 23.5 Å². The second-order valence-electron chi connectivity index (χ2n) is 5.39. The zero-order valence-corrected chi connectivity index (χ0v) is 14.5. The van der Waals surface area contributed by atoms with Crippen LogP contribution in [-0.4, -0.2) is 10.8 Å². The Bertz CT molecular complexity index is 1120. The maximum Gasteiger partial charge on any atom is 0.228 e. The molecule has 0 bridgehead atoms. The quantitative estimate of drug-likeness (QED) is 0.242. The Morgan fingerprint density at radius 2 is 2.00 bits per heavy atom. The second kappa shape index (κ2) is 6.23. The van der Waals surface area contributed by atoms with Gasteiger partial charge in [0.25, 0.3) is 0 Å². The molecule has 0 saturated carbocycles. The fourth-order valence-corrected chi connectivity index (χ4v) is 3.73. The lowest BCUT2D eigenvalue weighted by molar-refractivity contribution is 0.471. The molecule has 7 heteroatoms. The van der Waals surface area contributed by atoms with Crippen LogP contribution in [0.2, 0.25) is 5.02 Å². The third-order valence-electron chi connectivity index (χ3n) is 3.81. The molecule has 2 aromatic carbocycles. The van der Waals surface area contributed by atoms with E-state index in [1.807, 2.05) is 41.8 Å². The van der Waals surface area contributed by atoms with Gasteiger partial charge in [0.15, 0.2) is 0 Å². The van der Waals surface area contributed by atoms with Crippen molar-refractivity contribution in [2.45, 2.75) is 0 Å². The van der Waals surface area contributed by atoms with E-state index in [2.05, 4.69) is 10.1 Å². The number of nitrogens with two attached hydrogens (primary N) is 2. The van der Waals surface area contributed by atoms with E-state index in [4.69, 9.17) is 27.9 Å². The molecule has 0 radical (unpaired) electrons. The molecule has 25 heavy (non-hydrogen) atoms. The number of fused-ring (bicyclic) bond motifs is 3. The Morgan fingerprint density at radius 3 is 2.80 bits per heavy atom. The first-order valence-electron chi connectivity index (χ1n) is 7.44. The summed E-state index contributed by atoms with van der Waals surface area (Å²) in [5.74, 6) is 6.68. The van der Waals surface area contributed by atoms with Gasteiger partial charge in [0.05, 0.1) is 10.9 Å². The number of rotatable bonds is 3. The van der Waals surface area contributed by atoms with Gasteiger partial charge in [-0.15, -0.1) is 11.3 Å². The van der Waals surface area contributed by atoms with E-state index in [0.29, 0.717) is 22.2 Å². The third kappa shape index (κ3) is 2.86. The number of pyridine rings is 1. The summed E-state index contributed by atoms with van der Waals surface area (Å²) >= 11 is 7.67. The monoisotopic (exact) mass is 368 g/mol. The van der Waals surface area contributed by atoms with Crippen molar-refractivity contribution < 1.29 is 4.74 Å². The molecule has 2 heterocycles. The molecule has 0 fully saturated rings.